The lowest BCUT2D eigenvalue weighted by Crippen LogP contribution is -1.99. The zero-order valence-electron chi connectivity index (χ0n) is 17.9. The summed E-state index contributed by atoms with van der Waals surface area (Å²) in [6, 6.07) is 21.3. The van der Waals surface area contributed by atoms with E-state index in [1.54, 1.807) is 75.2 Å². The van der Waals surface area contributed by atoms with E-state index in [0.717, 1.165) is 11.4 Å². The van der Waals surface area contributed by atoms with Gasteiger partial charge in [0, 0.05) is 35.7 Å². The van der Waals surface area contributed by atoms with Crippen molar-refractivity contribution < 1.29 is 19.1 Å². The van der Waals surface area contributed by atoms with Gasteiger partial charge in [-0.2, -0.15) is 0 Å². The first-order chi connectivity index (χ1) is 15.6. The van der Waals surface area contributed by atoms with Gasteiger partial charge < -0.3 is 20.1 Å². The van der Waals surface area contributed by atoms with Gasteiger partial charge >= 0.3 is 0 Å². The average Bonchev–Trinajstić information content (AvgIpc) is 2.85. The van der Waals surface area contributed by atoms with Crippen molar-refractivity contribution in [3.05, 3.63) is 108 Å². The minimum atomic E-state index is -0.129. The molecule has 32 heavy (non-hydrogen) atoms. The summed E-state index contributed by atoms with van der Waals surface area (Å²) >= 11 is 0. The van der Waals surface area contributed by atoms with Crippen LogP contribution in [0, 0.1) is 0 Å². The van der Waals surface area contributed by atoms with Crippen molar-refractivity contribution in [3.8, 4) is 11.5 Å². The topological polar surface area (TPSA) is 76.7 Å². The minimum absolute atomic E-state index is 0.129. The highest BCUT2D eigenvalue weighted by Crippen LogP contribution is 2.21. The summed E-state index contributed by atoms with van der Waals surface area (Å²) in [6.07, 6.45) is 6.09. The molecule has 3 aromatic rings. The van der Waals surface area contributed by atoms with Crippen LogP contribution in [-0.4, -0.2) is 25.8 Å². The van der Waals surface area contributed by atoms with Crippen molar-refractivity contribution in [2.24, 2.45) is 0 Å². The van der Waals surface area contributed by atoms with Crippen molar-refractivity contribution in [2.75, 3.05) is 24.9 Å². The van der Waals surface area contributed by atoms with E-state index < -0.39 is 0 Å². The Morgan fingerprint density at radius 2 is 1.00 bits per heavy atom. The van der Waals surface area contributed by atoms with Crippen LogP contribution in [0.1, 0.15) is 20.7 Å². The Labute approximate surface area is 187 Å². The van der Waals surface area contributed by atoms with Crippen molar-refractivity contribution in [3.63, 3.8) is 0 Å². The molecule has 0 heterocycles. The van der Waals surface area contributed by atoms with Crippen molar-refractivity contribution >= 4 is 22.9 Å². The number of methoxy groups -OCH3 is 2. The first-order valence-electron chi connectivity index (χ1n) is 9.92. The van der Waals surface area contributed by atoms with Gasteiger partial charge in [-0.25, -0.2) is 0 Å². The molecule has 0 saturated carbocycles. The Kier molecular flexibility index (Phi) is 7.81. The van der Waals surface area contributed by atoms with Crippen molar-refractivity contribution in [1.82, 2.24) is 0 Å². The molecule has 0 aliphatic carbocycles. The molecule has 6 heteroatoms. The van der Waals surface area contributed by atoms with Crippen LogP contribution in [0.4, 0.5) is 11.4 Å². The van der Waals surface area contributed by atoms with Crippen LogP contribution >= 0.6 is 0 Å². The lowest BCUT2D eigenvalue weighted by Gasteiger charge is -2.08. The molecule has 0 radical (unpaired) electrons. The molecule has 0 atom stereocenters. The quantitative estimate of drug-likeness (QED) is 0.336. The number of para-hydroxylation sites is 2. The highest BCUT2D eigenvalue weighted by Gasteiger charge is 2.04. The monoisotopic (exact) mass is 428 g/mol. The number of anilines is 2. The predicted octanol–water partition coefficient (Wildman–Crippen LogP) is 5.32. The van der Waals surface area contributed by atoms with Gasteiger partial charge in [0.2, 0.25) is 0 Å². The van der Waals surface area contributed by atoms with Gasteiger partial charge in [-0.15, -0.1) is 0 Å². The molecule has 3 aromatic carbocycles. The summed E-state index contributed by atoms with van der Waals surface area (Å²) < 4.78 is 10.2. The van der Waals surface area contributed by atoms with E-state index in [4.69, 9.17) is 9.47 Å². The SMILES string of the molecule is COc1ccc(C(=O)C=CNc2ccccc2NC=CC(=O)c2ccc(OC)cc2)cc1. The highest BCUT2D eigenvalue weighted by molar-refractivity contribution is 6.05. The molecule has 0 aromatic heterocycles. The summed E-state index contributed by atoms with van der Waals surface area (Å²) in [7, 11) is 3.16. The molecule has 2 N–H and O–H groups in total. The fourth-order valence-corrected chi connectivity index (χ4v) is 2.85. The van der Waals surface area contributed by atoms with Crippen LogP contribution in [0.25, 0.3) is 0 Å². The second kappa shape index (κ2) is 11.2. The Morgan fingerprint density at radius 1 is 0.625 bits per heavy atom. The predicted molar refractivity (Wildman–Crippen MR) is 127 cm³/mol. The molecule has 0 spiro atoms. The zero-order valence-corrected chi connectivity index (χ0v) is 17.9. The van der Waals surface area contributed by atoms with E-state index in [2.05, 4.69) is 10.6 Å². The Morgan fingerprint density at radius 3 is 1.34 bits per heavy atom. The van der Waals surface area contributed by atoms with E-state index in [-0.39, 0.29) is 11.6 Å². The zero-order chi connectivity index (χ0) is 22.8. The third-order valence-electron chi connectivity index (χ3n) is 4.62. The fourth-order valence-electron chi connectivity index (χ4n) is 2.85. The first kappa shape index (κ1) is 22.4. The lowest BCUT2D eigenvalue weighted by molar-refractivity contribution is 0.103. The van der Waals surface area contributed by atoms with Crippen LogP contribution in [0.3, 0.4) is 0 Å². The Balaban J connectivity index is 1.59. The molecule has 0 aliphatic heterocycles. The maximum absolute atomic E-state index is 12.3. The number of nitrogens with one attached hydrogen (secondary N) is 2. The number of ketones is 2. The molecule has 0 fully saturated rings. The largest absolute Gasteiger partial charge is 0.497 e. The van der Waals surface area contributed by atoms with Crippen molar-refractivity contribution in [2.45, 2.75) is 0 Å². The Hall–Kier alpha value is -4.32. The van der Waals surface area contributed by atoms with Gasteiger partial charge in [0.1, 0.15) is 11.5 Å². The smallest absolute Gasteiger partial charge is 0.187 e. The molecule has 0 amide bonds. The van der Waals surface area contributed by atoms with Crippen LogP contribution in [0.5, 0.6) is 11.5 Å². The van der Waals surface area contributed by atoms with Crippen LogP contribution in [0.2, 0.25) is 0 Å². The summed E-state index contributed by atoms with van der Waals surface area (Å²) in [5, 5.41) is 6.20. The fraction of sp³-hybridized carbons (Fsp3) is 0.0769. The lowest BCUT2D eigenvalue weighted by atomic mass is 10.1. The maximum Gasteiger partial charge on any atom is 0.187 e. The molecule has 162 valence electrons. The van der Waals surface area contributed by atoms with Gasteiger partial charge in [-0.05, 0) is 60.7 Å². The van der Waals surface area contributed by atoms with Crippen LogP contribution < -0.4 is 20.1 Å². The number of carbonyl (C=O) groups is 2. The molecule has 0 aliphatic rings. The number of carbonyl (C=O) groups excluding carboxylic acids is 2. The number of rotatable bonds is 10. The number of hydrogen-bond donors (Lipinski definition) is 2. The summed E-state index contributed by atoms with van der Waals surface area (Å²) in [4.78, 5) is 24.6. The van der Waals surface area contributed by atoms with Gasteiger partial charge in [0.25, 0.3) is 0 Å². The maximum atomic E-state index is 12.3. The average molecular weight is 428 g/mol. The standard InChI is InChI=1S/C26H24N2O4/c1-31-21-11-7-19(8-12-21)25(29)15-17-27-23-5-3-4-6-24(23)28-18-16-26(30)20-9-13-22(32-2)14-10-20/h3-18,27-28H,1-2H3. The van der Waals surface area contributed by atoms with E-state index in [1.807, 2.05) is 24.3 Å². The van der Waals surface area contributed by atoms with E-state index >= 15 is 0 Å². The van der Waals surface area contributed by atoms with Gasteiger partial charge in [0.15, 0.2) is 11.6 Å². The third-order valence-corrected chi connectivity index (χ3v) is 4.62. The first-order valence-corrected chi connectivity index (χ1v) is 9.92. The van der Waals surface area contributed by atoms with Gasteiger partial charge in [-0.3, -0.25) is 9.59 Å². The summed E-state index contributed by atoms with van der Waals surface area (Å²) in [6.45, 7) is 0. The number of allylic oxidation sites excluding steroid dienone is 2. The summed E-state index contributed by atoms with van der Waals surface area (Å²) in [5.41, 5.74) is 2.64. The third kappa shape index (κ3) is 6.09. The van der Waals surface area contributed by atoms with E-state index in [0.29, 0.717) is 22.6 Å². The van der Waals surface area contributed by atoms with E-state index in [1.165, 1.54) is 12.2 Å². The highest BCUT2D eigenvalue weighted by atomic mass is 16.5. The number of benzene rings is 3. The normalized spacial score (nSPS) is 10.8. The van der Waals surface area contributed by atoms with Crippen molar-refractivity contribution in [1.29, 1.82) is 0 Å². The van der Waals surface area contributed by atoms with E-state index in [9.17, 15) is 9.59 Å². The summed E-state index contributed by atoms with van der Waals surface area (Å²) in [5.74, 6) is 1.13. The molecule has 0 bridgehead atoms. The molecule has 6 nitrogen and oxygen atoms in total. The molecular weight excluding hydrogens is 404 g/mol. The second-order valence-electron chi connectivity index (χ2n) is 6.69. The molecular formula is C26H24N2O4. The van der Waals surface area contributed by atoms with Gasteiger partial charge in [-0.1, -0.05) is 12.1 Å². The van der Waals surface area contributed by atoms with Crippen LogP contribution in [0.15, 0.2) is 97.3 Å². The number of ether oxygens (including phenoxy) is 2. The second-order valence-corrected chi connectivity index (χ2v) is 6.69. The molecule has 0 saturated heterocycles. The van der Waals surface area contributed by atoms with Gasteiger partial charge in [0.05, 0.1) is 25.6 Å². The Bertz CT molecular complexity index is 1030. The molecule has 3 rings (SSSR count). The molecule has 0 unspecified atom stereocenters. The van der Waals surface area contributed by atoms with Crippen LogP contribution in [-0.2, 0) is 0 Å². The minimum Gasteiger partial charge on any atom is -0.497 e. The number of hydrogen-bond acceptors (Lipinski definition) is 6.